The fraction of sp³-hybridized carbons (Fsp3) is 0.620. The number of phenolic OH excluding ortho intramolecular Hbond substituents is 2. The number of ether oxygens (including phenoxy) is 4. The standard InChI is InChI=1S/C50H71N5O11/c1-25(2)22-51-23-34(56)65-45-29(7)33(63-12)16-21-64-49(11)47(61)37-35-36(43(59)32(10)46(37)66-49)44(60)40(39-38(35)53-50(54-39)17-19-55(20-18-50)24-26(3)4)52-48(62)28(6)15-13-14-27(5)41(57)30(8)42(58)31(45)9/h13-16,21,25-27,29-31,33,41-42,45,51,57-60H,17-20,22-24H2,1-12H3,(H,52,62)/b14-13+,21-16+,28-15-/t27-,29+,30+,31+,33-,41-,42+,45+,49-/m0/s1. The summed E-state index contributed by atoms with van der Waals surface area (Å²) in [7, 11) is 1.48. The number of nitrogens with one attached hydrogen (secondary N) is 2. The molecule has 16 nitrogen and oxygen atoms in total. The number of carbonyl (C=O) groups is 3. The Labute approximate surface area is 387 Å². The highest BCUT2D eigenvalue weighted by Gasteiger charge is 2.50. The second-order valence-electron chi connectivity index (χ2n) is 19.9. The number of nitrogens with zero attached hydrogens (tertiary/aromatic N) is 3. The maximum atomic E-state index is 14.8. The van der Waals surface area contributed by atoms with Crippen molar-refractivity contribution in [2.75, 3.05) is 45.2 Å². The van der Waals surface area contributed by atoms with Crippen molar-refractivity contribution in [2.45, 2.75) is 125 Å². The van der Waals surface area contributed by atoms with E-state index in [1.54, 1.807) is 58.9 Å². The van der Waals surface area contributed by atoms with Gasteiger partial charge in [0.15, 0.2) is 11.4 Å². The number of carbonyl (C=O) groups excluding carboxylic acids is 3. The number of methoxy groups -OCH3 is 1. The molecule has 0 aromatic heterocycles. The van der Waals surface area contributed by atoms with Crippen molar-refractivity contribution in [1.29, 1.82) is 0 Å². The second kappa shape index (κ2) is 20.2. The van der Waals surface area contributed by atoms with Gasteiger partial charge in [-0.25, -0.2) is 0 Å². The molecule has 2 aromatic carbocycles. The van der Waals surface area contributed by atoms with Crippen molar-refractivity contribution in [3.8, 4) is 17.2 Å². The first-order valence-corrected chi connectivity index (χ1v) is 23.3. The molecular weight excluding hydrogens is 847 g/mol. The lowest BCUT2D eigenvalue weighted by Crippen LogP contribution is -2.47. The summed E-state index contributed by atoms with van der Waals surface area (Å²) < 4.78 is 24.5. The summed E-state index contributed by atoms with van der Waals surface area (Å²) in [6.45, 7) is 22.9. The van der Waals surface area contributed by atoms with E-state index in [0.29, 0.717) is 44.3 Å². The van der Waals surface area contributed by atoms with Gasteiger partial charge in [0, 0.05) is 86.7 Å². The molecule has 4 aliphatic heterocycles. The van der Waals surface area contributed by atoms with E-state index < -0.39 is 82.9 Å². The average Bonchev–Trinajstić information content (AvgIpc) is 3.77. The lowest BCUT2D eigenvalue weighted by Gasteiger charge is -2.38. The Morgan fingerprint density at radius 2 is 1.61 bits per heavy atom. The summed E-state index contributed by atoms with van der Waals surface area (Å²) >= 11 is 0. The molecule has 0 radical (unpaired) electrons. The zero-order valence-corrected chi connectivity index (χ0v) is 40.6. The molecule has 1 saturated heterocycles. The van der Waals surface area contributed by atoms with E-state index in [1.165, 1.54) is 20.3 Å². The van der Waals surface area contributed by atoms with Crippen LogP contribution in [0.2, 0.25) is 0 Å². The van der Waals surface area contributed by atoms with Crippen LogP contribution in [-0.4, -0.2) is 119 Å². The molecule has 0 unspecified atom stereocenters. The molecule has 6 rings (SSSR count). The van der Waals surface area contributed by atoms with Gasteiger partial charge in [-0.3, -0.25) is 24.4 Å². The molecule has 16 heteroatoms. The average molecular weight is 918 g/mol. The number of ketones is 1. The molecule has 2 aromatic rings. The first-order valence-electron chi connectivity index (χ1n) is 23.3. The number of piperidine rings is 1. The fourth-order valence-electron chi connectivity index (χ4n) is 9.66. The van der Waals surface area contributed by atoms with Crippen molar-refractivity contribution >= 4 is 34.1 Å². The monoisotopic (exact) mass is 918 g/mol. The van der Waals surface area contributed by atoms with Crippen LogP contribution >= 0.6 is 0 Å². The van der Waals surface area contributed by atoms with E-state index >= 15 is 0 Å². The zero-order chi connectivity index (χ0) is 48.6. The SMILES string of the molecule is CO[C@H]1/C=C/O[C@@]2(C)Oc3c(C)c(O)c4c(O)c(c5c(c4c3C2=O)=NC2(CCN(CC(C)C)CC2)N=5)NC(=O)/C(C)=C\C=C\[C@H](C)[C@H](O)[C@@H](C)[C@@H](O)[C@@H](C)[C@H](OC(=O)CNCC(C)C)[C@@H]1C. The van der Waals surface area contributed by atoms with Crippen LogP contribution in [0.5, 0.6) is 17.2 Å². The maximum Gasteiger partial charge on any atom is 0.320 e. The highest BCUT2D eigenvalue weighted by atomic mass is 16.7. The first-order chi connectivity index (χ1) is 31.0. The molecule has 0 aliphatic carbocycles. The minimum atomic E-state index is -1.97. The number of aliphatic hydroxyl groups excluding tert-OH is 2. The number of likely N-dealkylation sites (tertiary alicyclic amines) is 1. The third-order valence-corrected chi connectivity index (χ3v) is 13.7. The van der Waals surface area contributed by atoms with Crippen LogP contribution in [0.25, 0.3) is 10.8 Å². The van der Waals surface area contributed by atoms with Gasteiger partial charge in [0.25, 0.3) is 11.7 Å². The van der Waals surface area contributed by atoms with Crippen LogP contribution in [0.4, 0.5) is 5.69 Å². The molecule has 66 heavy (non-hydrogen) atoms. The fourth-order valence-corrected chi connectivity index (χ4v) is 9.66. The lowest BCUT2D eigenvalue weighted by atomic mass is 9.78. The zero-order valence-electron chi connectivity index (χ0n) is 40.6. The summed E-state index contributed by atoms with van der Waals surface area (Å²) in [5.74, 6) is -6.24. The Kier molecular flexibility index (Phi) is 15.4. The van der Waals surface area contributed by atoms with Crippen LogP contribution in [-0.2, 0) is 23.8 Å². The number of hydrogen-bond acceptors (Lipinski definition) is 15. The van der Waals surface area contributed by atoms with E-state index in [-0.39, 0.29) is 61.9 Å². The molecule has 4 heterocycles. The molecule has 1 spiro atoms. The molecule has 362 valence electrons. The number of allylic oxidation sites excluding steroid dienone is 2. The number of aromatic hydroxyl groups is 2. The van der Waals surface area contributed by atoms with Gasteiger partial charge in [0.05, 0.1) is 47.4 Å². The molecular formula is C50H71N5O11. The van der Waals surface area contributed by atoms with E-state index in [4.69, 9.17) is 28.9 Å². The Bertz CT molecular complexity index is 2400. The Morgan fingerprint density at radius 1 is 0.939 bits per heavy atom. The van der Waals surface area contributed by atoms with Crippen molar-refractivity contribution in [1.82, 2.24) is 10.2 Å². The first kappa shape index (κ1) is 50.5. The quantitative estimate of drug-likeness (QED) is 0.152. The number of hydrogen-bond donors (Lipinski definition) is 6. The van der Waals surface area contributed by atoms with Crippen LogP contribution < -0.4 is 26.1 Å². The van der Waals surface area contributed by atoms with Gasteiger partial charge in [0.1, 0.15) is 28.6 Å². The second-order valence-corrected chi connectivity index (χ2v) is 19.9. The van der Waals surface area contributed by atoms with E-state index in [0.717, 1.165) is 6.54 Å². The van der Waals surface area contributed by atoms with Gasteiger partial charge in [-0.05, 0) is 38.3 Å². The van der Waals surface area contributed by atoms with Gasteiger partial charge in [-0.1, -0.05) is 73.6 Å². The van der Waals surface area contributed by atoms with Crippen LogP contribution in [0.1, 0.15) is 98.0 Å². The lowest BCUT2D eigenvalue weighted by molar-refractivity contribution is -0.162. The number of phenols is 2. The number of esters is 1. The van der Waals surface area contributed by atoms with Gasteiger partial charge in [-0.2, -0.15) is 0 Å². The predicted molar refractivity (Wildman–Crippen MR) is 250 cm³/mol. The third-order valence-electron chi connectivity index (χ3n) is 13.7. The summed E-state index contributed by atoms with van der Waals surface area (Å²) in [6, 6.07) is 0. The number of anilines is 1. The number of rotatable bonds is 8. The molecule has 0 saturated carbocycles. The normalized spacial score (nSPS) is 31.2. The van der Waals surface area contributed by atoms with Crippen molar-refractivity contribution in [2.24, 2.45) is 45.5 Å². The number of benzene rings is 2. The van der Waals surface area contributed by atoms with E-state index in [1.807, 2.05) is 20.8 Å². The highest BCUT2D eigenvalue weighted by molar-refractivity contribution is 6.19. The predicted octanol–water partition coefficient (Wildman–Crippen LogP) is 4.98. The number of fused-ring (bicyclic) bond motifs is 1. The number of Topliss-reactive ketones (excluding diaryl/α,β-unsaturated/α-hetero) is 1. The highest BCUT2D eigenvalue weighted by Crippen LogP contribution is 2.50. The van der Waals surface area contributed by atoms with Crippen molar-refractivity contribution < 1.29 is 53.8 Å². The molecule has 4 bridgehead atoms. The molecule has 4 aliphatic rings. The number of amides is 1. The van der Waals surface area contributed by atoms with Crippen LogP contribution in [0.3, 0.4) is 0 Å². The minimum absolute atomic E-state index is 0.0347. The smallest absolute Gasteiger partial charge is 0.320 e. The molecule has 1 amide bonds. The van der Waals surface area contributed by atoms with E-state index in [9.17, 15) is 34.8 Å². The van der Waals surface area contributed by atoms with Crippen LogP contribution in [0, 0.1) is 42.4 Å². The van der Waals surface area contributed by atoms with Crippen molar-refractivity contribution in [3.63, 3.8) is 0 Å². The van der Waals surface area contributed by atoms with Crippen LogP contribution in [0.15, 0.2) is 46.1 Å². The summed E-state index contributed by atoms with van der Waals surface area (Å²) in [6.07, 6.45) is 4.97. The summed E-state index contributed by atoms with van der Waals surface area (Å²) in [5, 5.41) is 53.8. The summed E-state index contributed by atoms with van der Waals surface area (Å²) in [5.41, 5.74) is -0.585. The van der Waals surface area contributed by atoms with Crippen molar-refractivity contribution in [3.05, 3.63) is 58.0 Å². The summed E-state index contributed by atoms with van der Waals surface area (Å²) in [4.78, 5) is 54.8. The molecule has 6 N–H and O–H groups in total. The minimum Gasteiger partial charge on any atom is -0.507 e. The third kappa shape index (κ3) is 10.0. The topological polar surface area (TPSA) is 221 Å². The largest absolute Gasteiger partial charge is 0.507 e. The Hall–Kier alpha value is -4.87. The molecule has 1 fully saturated rings. The molecule has 9 atom stereocenters. The van der Waals surface area contributed by atoms with E-state index in [2.05, 4.69) is 29.4 Å². The van der Waals surface area contributed by atoms with Gasteiger partial charge < -0.3 is 54.9 Å². The van der Waals surface area contributed by atoms with Gasteiger partial charge in [0.2, 0.25) is 0 Å². The van der Waals surface area contributed by atoms with Gasteiger partial charge in [-0.15, -0.1) is 0 Å². The maximum absolute atomic E-state index is 14.8. The Morgan fingerprint density at radius 3 is 2.24 bits per heavy atom. The number of aliphatic hydroxyl groups is 2. The Balaban J connectivity index is 1.50. The van der Waals surface area contributed by atoms with Gasteiger partial charge >= 0.3 is 11.8 Å².